The highest BCUT2D eigenvalue weighted by Crippen LogP contribution is 2.22. The Bertz CT molecular complexity index is 888. The number of halogens is 1. The number of carboxylic acids is 1. The van der Waals surface area contributed by atoms with Crippen LogP contribution in [0.4, 0.5) is 0 Å². The SMILES string of the molecule is Cc1c(CCCC(=O)O)ccc2[nH]c(COc3ccc(Cl)cc3)nc12. The number of aliphatic carboxylic acids is 1. The van der Waals surface area contributed by atoms with Crippen LogP contribution in [0.3, 0.4) is 0 Å². The van der Waals surface area contributed by atoms with E-state index in [2.05, 4.69) is 9.97 Å². The third-order valence-corrected chi connectivity index (χ3v) is 4.35. The van der Waals surface area contributed by atoms with E-state index >= 15 is 0 Å². The fraction of sp³-hybridized carbons (Fsp3) is 0.263. The smallest absolute Gasteiger partial charge is 0.303 e. The van der Waals surface area contributed by atoms with E-state index in [9.17, 15) is 4.79 Å². The Labute approximate surface area is 150 Å². The number of nitrogens with one attached hydrogen (secondary N) is 1. The second-order valence-electron chi connectivity index (χ2n) is 5.92. The van der Waals surface area contributed by atoms with Crippen LogP contribution in [0.15, 0.2) is 36.4 Å². The van der Waals surface area contributed by atoms with Gasteiger partial charge in [-0.1, -0.05) is 17.7 Å². The molecule has 0 aliphatic rings. The Morgan fingerprint density at radius 3 is 2.72 bits per heavy atom. The average molecular weight is 359 g/mol. The van der Waals surface area contributed by atoms with Gasteiger partial charge < -0.3 is 14.8 Å². The molecule has 2 N–H and O–H groups in total. The van der Waals surface area contributed by atoms with Gasteiger partial charge in [0.15, 0.2) is 0 Å². The summed E-state index contributed by atoms with van der Waals surface area (Å²) in [4.78, 5) is 18.5. The molecule has 0 bridgehead atoms. The molecule has 0 fully saturated rings. The van der Waals surface area contributed by atoms with Crippen LogP contribution >= 0.6 is 11.6 Å². The summed E-state index contributed by atoms with van der Waals surface area (Å²) in [5, 5.41) is 9.43. The summed E-state index contributed by atoms with van der Waals surface area (Å²) in [6, 6.07) is 11.2. The van der Waals surface area contributed by atoms with Crippen molar-refractivity contribution < 1.29 is 14.6 Å². The minimum Gasteiger partial charge on any atom is -0.486 e. The van der Waals surface area contributed by atoms with Gasteiger partial charge in [0.25, 0.3) is 0 Å². The van der Waals surface area contributed by atoms with Crippen molar-refractivity contribution in [1.29, 1.82) is 0 Å². The molecule has 6 heteroatoms. The average Bonchev–Trinajstić information content (AvgIpc) is 3.00. The zero-order chi connectivity index (χ0) is 17.8. The largest absolute Gasteiger partial charge is 0.486 e. The Morgan fingerprint density at radius 2 is 2.00 bits per heavy atom. The van der Waals surface area contributed by atoms with E-state index in [-0.39, 0.29) is 6.42 Å². The van der Waals surface area contributed by atoms with Gasteiger partial charge in [-0.15, -0.1) is 0 Å². The third-order valence-electron chi connectivity index (χ3n) is 4.09. The lowest BCUT2D eigenvalue weighted by Crippen LogP contribution is -1.98. The fourth-order valence-electron chi connectivity index (χ4n) is 2.76. The molecule has 0 aliphatic heterocycles. The molecule has 0 aliphatic carbocycles. The molecule has 0 atom stereocenters. The van der Waals surface area contributed by atoms with Gasteiger partial charge in [0.2, 0.25) is 0 Å². The first kappa shape index (κ1) is 17.3. The van der Waals surface area contributed by atoms with E-state index in [0.717, 1.165) is 40.2 Å². The van der Waals surface area contributed by atoms with Crippen LogP contribution in [-0.2, 0) is 17.8 Å². The topological polar surface area (TPSA) is 75.2 Å². The van der Waals surface area contributed by atoms with Crippen molar-refractivity contribution in [2.75, 3.05) is 0 Å². The van der Waals surface area contributed by atoms with Gasteiger partial charge in [0.1, 0.15) is 18.2 Å². The van der Waals surface area contributed by atoms with Crippen LogP contribution in [0.5, 0.6) is 5.75 Å². The summed E-state index contributed by atoms with van der Waals surface area (Å²) in [5.41, 5.74) is 4.07. The number of rotatable bonds is 7. The van der Waals surface area contributed by atoms with Gasteiger partial charge in [-0.2, -0.15) is 0 Å². The maximum atomic E-state index is 10.7. The van der Waals surface area contributed by atoms with Gasteiger partial charge >= 0.3 is 5.97 Å². The lowest BCUT2D eigenvalue weighted by molar-refractivity contribution is -0.137. The summed E-state index contributed by atoms with van der Waals surface area (Å²) >= 11 is 5.86. The summed E-state index contributed by atoms with van der Waals surface area (Å²) < 4.78 is 5.72. The molecular weight excluding hydrogens is 340 g/mol. The Morgan fingerprint density at radius 1 is 1.24 bits per heavy atom. The zero-order valence-corrected chi connectivity index (χ0v) is 14.6. The van der Waals surface area contributed by atoms with E-state index < -0.39 is 5.97 Å². The minimum absolute atomic E-state index is 0.179. The molecule has 1 aromatic heterocycles. The first-order valence-electron chi connectivity index (χ1n) is 8.10. The predicted octanol–water partition coefficient (Wildman–Crippen LogP) is 4.51. The van der Waals surface area contributed by atoms with Crippen molar-refractivity contribution in [1.82, 2.24) is 9.97 Å². The number of hydrogen-bond acceptors (Lipinski definition) is 3. The van der Waals surface area contributed by atoms with Crippen LogP contribution < -0.4 is 4.74 Å². The van der Waals surface area contributed by atoms with Crippen LogP contribution in [-0.4, -0.2) is 21.0 Å². The molecule has 2 aromatic carbocycles. The normalized spacial score (nSPS) is 11.0. The third kappa shape index (κ3) is 4.31. The number of hydrogen-bond donors (Lipinski definition) is 2. The highest BCUT2D eigenvalue weighted by Gasteiger charge is 2.10. The standard InChI is InChI=1S/C19H19ClN2O3/c1-12-13(3-2-4-18(23)24)5-10-16-19(12)22-17(21-16)11-25-15-8-6-14(20)7-9-15/h5-10H,2-4,11H2,1H3,(H,21,22)(H,23,24). The lowest BCUT2D eigenvalue weighted by atomic mass is 10.0. The maximum absolute atomic E-state index is 10.7. The molecule has 0 spiro atoms. The number of imidazole rings is 1. The lowest BCUT2D eigenvalue weighted by Gasteiger charge is -2.05. The van der Waals surface area contributed by atoms with Crippen molar-refractivity contribution in [3.8, 4) is 5.75 Å². The van der Waals surface area contributed by atoms with Crippen molar-refractivity contribution >= 4 is 28.6 Å². The number of benzene rings is 2. The highest BCUT2D eigenvalue weighted by atomic mass is 35.5. The molecule has 0 saturated heterocycles. The number of carbonyl (C=O) groups is 1. The van der Waals surface area contributed by atoms with Gasteiger partial charge in [-0.25, -0.2) is 4.98 Å². The molecule has 5 nitrogen and oxygen atoms in total. The summed E-state index contributed by atoms with van der Waals surface area (Å²) in [6.07, 6.45) is 1.54. The molecule has 0 saturated carbocycles. The second kappa shape index (κ2) is 7.57. The number of carboxylic acid groups (broad SMARTS) is 1. The van der Waals surface area contributed by atoms with E-state index in [4.69, 9.17) is 21.4 Å². The van der Waals surface area contributed by atoms with Crippen molar-refractivity contribution in [2.45, 2.75) is 32.8 Å². The molecule has 3 rings (SSSR count). The summed E-state index contributed by atoms with van der Waals surface area (Å²) in [6.45, 7) is 2.35. The maximum Gasteiger partial charge on any atom is 0.303 e. The second-order valence-corrected chi connectivity index (χ2v) is 6.36. The van der Waals surface area contributed by atoms with Crippen LogP contribution in [0.1, 0.15) is 29.8 Å². The quantitative estimate of drug-likeness (QED) is 0.651. The molecule has 0 amide bonds. The number of fused-ring (bicyclic) bond motifs is 1. The molecule has 130 valence electrons. The van der Waals surface area contributed by atoms with Crippen molar-refractivity contribution in [3.63, 3.8) is 0 Å². The summed E-state index contributed by atoms with van der Waals surface area (Å²) in [5.74, 6) is 0.715. The molecule has 25 heavy (non-hydrogen) atoms. The Hall–Kier alpha value is -2.53. The van der Waals surface area contributed by atoms with Crippen LogP contribution in [0, 0.1) is 6.92 Å². The first-order valence-corrected chi connectivity index (χ1v) is 8.48. The van der Waals surface area contributed by atoms with Crippen molar-refractivity contribution in [2.24, 2.45) is 0 Å². The number of H-pyrrole nitrogens is 1. The predicted molar refractivity (Wildman–Crippen MR) is 97.2 cm³/mol. The molecule has 1 heterocycles. The fourth-order valence-corrected chi connectivity index (χ4v) is 2.88. The first-order chi connectivity index (χ1) is 12.0. The number of aryl methyl sites for hydroxylation is 2. The van der Waals surface area contributed by atoms with E-state index in [1.165, 1.54) is 0 Å². The number of aromatic nitrogens is 2. The van der Waals surface area contributed by atoms with Gasteiger partial charge in [-0.05, 0) is 61.2 Å². The van der Waals surface area contributed by atoms with Crippen molar-refractivity contribution in [3.05, 3.63) is 58.4 Å². The molecular formula is C19H19ClN2O3. The number of ether oxygens (including phenoxy) is 1. The van der Waals surface area contributed by atoms with E-state index in [1.54, 1.807) is 12.1 Å². The molecule has 0 unspecified atom stereocenters. The Kier molecular flexibility index (Phi) is 5.24. The molecule has 0 radical (unpaired) electrons. The Balaban J connectivity index is 1.71. The van der Waals surface area contributed by atoms with Crippen LogP contribution in [0.2, 0.25) is 5.02 Å². The number of nitrogens with zero attached hydrogens (tertiary/aromatic N) is 1. The van der Waals surface area contributed by atoms with Crippen LogP contribution in [0.25, 0.3) is 11.0 Å². The minimum atomic E-state index is -0.764. The summed E-state index contributed by atoms with van der Waals surface area (Å²) in [7, 11) is 0. The molecule has 3 aromatic rings. The number of aromatic amines is 1. The van der Waals surface area contributed by atoms with Gasteiger partial charge in [0, 0.05) is 11.4 Å². The highest BCUT2D eigenvalue weighted by molar-refractivity contribution is 6.30. The van der Waals surface area contributed by atoms with Gasteiger partial charge in [0.05, 0.1) is 11.0 Å². The van der Waals surface area contributed by atoms with E-state index in [0.29, 0.717) is 18.1 Å². The monoisotopic (exact) mass is 358 g/mol. The van der Waals surface area contributed by atoms with E-state index in [1.807, 2.05) is 31.2 Å². The zero-order valence-electron chi connectivity index (χ0n) is 13.9. The van der Waals surface area contributed by atoms with Gasteiger partial charge in [-0.3, -0.25) is 4.79 Å².